The molecule has 106 valence electrons. The standard InChI is InChI=1S/C16H18O4/c1-10-5-12-7-16(18-2)13(8-15(12)20-10)14(17)6-11-3-4-19-9-11/h3-4,7-10,14,17H,5-6H2,1-2H3. The van der Waals surface area contributed by atoms with Gasteiger partial charge in [-0.05, 0) is 30.7 Å². The Morgan fingerprint density at radius 2 is 2.30 bits per heavy atom. The summed E-state index contributed by atoms with van der Waals surface area (Å²) in [5.74, 6) is 1.55. The Balaban J connectivity index is 1.90. The molecule has 3 rings (SSSR count). The topological polar surface area (TPSA) is 51.8 Å². The highest BCUT2D eigenvalue weighted by atomic mass is 16.5. The number of rotatable bonds is 4. The van der Waals surface area contributed by atoms with Gasteiger partial charge >= 0.3 is 0 Å². The quantitative estimate of drug-likeness (QED) is 0.931. The number of aliphatic hydroxyl groups excluding tert-OH is 1. The fraction of sp³-hybridized carbons (Fsp3) is 0.375. The molecule has 1 aliphatic heterocycles. The smallest absolute Gasteiger partial charge is 0.125 e. The summed E-state index contributed by atoms with van der Waals surface area (Å²) < 4.78 is 16.2. The molecule has 0 aliphatic carbocycles. The van der Waals surface area contributed by atoms with Crippen molar-refractivity contribution in [3.05, 3.63) is 47.4 Å². The molecular formula is C16H18O4. The Morgan fingerprint density at radius 1 is 1.45 bits per heavy atom. The third-order valence-corrected chi connectivity index (χ3v) is 3.62. The van der Waals surface area contributed by atoms with Crippen molar-refractivity contribution in [3.8, 4) is 11.5 Å². The number of ether oxygens (including phenoxy) is 2. The number of hydrogen-bond acceptors (Lipinski definition) is 4. The van der Waals surface area contributed by atoms with Gasteiger partial charge in [0.05, 0.1) is 25.7 Å². The molecule has 1 aromatic carbocycles. The summed E-state index contributed by atoms with van der Waals surface area (Å²) in [5, 5.41) is 10.4. The van der Waals surface area contributed by atoms with E-state index in [0.717, 1.165) is 28.9 Å². The van der Waals surface area contributed by atoms with Crippen molar-refractivity contribution in [2.75, 3.05) is 7.11 Å². The van der Waals surface area contributed by atoms with Gasteiger partial charge < -0.3 is 19.0 Å². The van der Waals surface area contributed by atoms with E-state index in [2.05, 4.69) is 0 Å². The summed E-state index contributed by atoms with van der Waals surface area (Å²) in [6, 6.07) is 5.71. The van der Waals surface area contributed by atoms with Crippen molar-refractivity contribution in [3.63, 3.8) is 0 Å². The van der Waals surface area contributed by atoms with Crippen molar-refractivity contribution in [2.45, 2.75) is 32.0 Å². The van der Waals surface area contributed by atoms with Crippen LogP contribution in [0.25, 0.3) is 0 Å². The molecule has 1 aromatic heterocycles. The molecule has 0 fully saturated rings. The second kappa shape index (κ2) is 5.21. The van der Waals surface area contributed by atoms with Crippen molar-refractivity contribution in [1.29, 1.82) is 0 Å². The summed E-state index contributed by atoms with van der Waals surface area (Å²) in [4.78, 5) is 0. The number of furan rings is 1. The number of aliphatic hydroxyl groups is 1. The molecule has 0 radical (unpaired) electrons. The molecule has 20 heavy (non-hydrogen) atoms. The predicted octanol–water partition coefficient (Wildman–Crippen LogP) is 2.89. The van der Waals surface area contributed by atoms with Crippen LogP contribution < -0.4 is 9.47 Å². The van der Waals surface area contributed by atoms with Gasteiger partial charge in [0, 0.05) is 24.0 Å². The van der Waals surface area contributed by atoms with E-state index < -0.39 is 6.10 Å². The molecule has 2 heterocycles. The lowest BCUT2D eigenvalue weighted by atomic mass is 9.99. The van der Waals surface area contributed by atoms with Crippen LogP contribution in [0.5, 0.6) is 11.5 Å². The largest absolute Gasteiger partial charge is 0.496 e. The maximum atomic E-state index is 10.4. The minimum absolute atomic E-state index is 0.177. The third kappa shape index (κ3) is 2.39. The van der Waals surface area contributed by atoms with Crippen LogP contribution in [-0.4, -0.2) is 18.3 Å². The van der Waals surface area contributed by atoms with Crippen molar-refractivity contribution in [1.82, 2.24) is 0 Å². The molecule has 2 aromatic rings. The van der Waals surface area contributed by atoms with Gasteiger partial charge in [0.25, 0.3) is 0 Å². The highest BCUT2D eigenvalue weighted by Crippen LogP contribution is 2.38. The van der Waals surface area contributed by atoms with E-state index in [9.17, 15) is 5.11 Å². The Morgan fingerprint density at radius 3 is 3.00 bits per heavy atom. The second-order valence-corrected chi connectivity index (χ2v) is 5.19. The van der Waals surface area contributed by atoms with E-state index in [0.29, 0.717) is 12.2 Å². The maximum absolute atomic E-state index is 10.4. The monoisotopic (exact) mass is 274 g/mol. The van der Waals surface area contributed by atoms with Crippen molar-refractivity contribution < 1.29 is 19.0 Å². The molecule has 0 bridgehead atoms. The van der Waals surface area contributed by atoms with E-state index in [1.165, 1.54) is 0 Å². The lowest BCUT2D eigenvalue weighted by Crippen LogP contribution is -2.05. The van der Waals surface area contributed by atoms with Gasteiger partial charge in [-0.25, -0.2) is 0 Å². The van der Waals surface area contributed by atoms with Crippen LogP contribution in [0.4, 0.5) is 0 Å². The first kappa shape index (κ1) is 13.1. The number of methoxy groups -OCH3 is 1. The van der Waals surface area contributed by atoms with Gasteiger partial charge in [0.1, 0.15) is 17.6 Å². The van der Waals surface area contributed by atoms with E-state index in [1.807, 2.05) is 25.1 Å². The van der Waals surface area contributed by atoms with Gasteiger partial charge in [-0.2, -0.15) is 0 Å². The fourth-order valence-corrected chi connectivity index (χ4v) is 2.63. The zero-order valence-electron chi connectivity index (χ0n) is 11.6. The highest BCUT2D eigenvalue weighted by Gasteiger charge is 2.24. The lowest BCUT2D eigenvalue weighted by Gasteiger charge is -2.15. The SMILES string of the molecule is COc1cc2c(cc1C(O)Cc1ccoc1)OC(C)C2. The highest BCUT2D eigenvalue weighted by molar-refractivity contribution is 5.49. The first-order valence-electron chi connectivity index (χ1n) is 6.74. The molecule has 0 spiro atoms. The summed E-state index contributed by atoms with van der Waals surface area (Å²) >= 11 is 0. The molecule has 0 saturated carbocycles. The minimum Gasteiger partial charge on any atom is -0.496 e. The van der Waals surface area contributed by atoms with Crippen molar-refractivity contribution >= 4 is 0 Å². The summed E-state index contributed by atoms with van der Waals surface area (Å²) in [5.41, 5.74) is 2.84. The molecule has 2 unspecified atom stereocenters. The number of fused-ring (bicyclic) bond motifs is 1. The lowest BCUT2D eigenvalue weighted by molar-refractivity contribution is 0.173. The molecular weight excluding hydrogens is 256 g/mol. The van der Waals surface area contributed by atoms with Crippen LogP contribution >= 0.6 is 0 Å². The molecule has 1 N–H and O–H groups in total. The van der Waals surface area contributed by atoms with E-state index >= 15 is 0 Å². The van der Waals surface area contributed by atoms with Crippen molar-refractivity contribution in [2.24, 2.45) is 0 Å². The van der Waals surface area contributed by atoms with Crippen LogP contribution in [0.1, 0.15) is 29.7 Å². The normalized spacial score (nSPS) is 18.4. The predicted molar refractivity (Wildman–Crippen MR) is 74.2 cm³/mol. The van der Waals surface area contributed by atoms with E-state index in [1.54, 1.807) is 19.6 Å². The summed E-state index contributed by atoms with van der Waals surface area (Å²) in [6.45, 7) is 2.04. The van der Waals surface area contributed by atoms with Crippen LogP contribution in [0.2, 0.25) is 0 Å². The zero-order valence-corrected chi connectivity index (χ0v) is 11.6. The second-order valence-electron chi connectivity index (χ2n) is 5.19. The van der Waals surface area contributed by atoms with Crippen LogP contribution in [0.15, 0.2) is 35.1 Å². The molecule has 4 nitrogen and oxygen atoms in total. The Bertz CT molecular complexity index is 589. The summed E-state index contributed by atoms with van der Waals surface area (Å²) in [6.07, 6.45) is 4.14. The first-order chi connectivity index (χ1) is 9.67. The Labute approximate surface area is 117 Å². The minimum atomic E-state index is -0.646. The van der Waals surface area contributed by atoms with Crippen LogP contribution in [0.3, 0.4) is 0 Å². The summed E-state index contributed by atoms with van der Waals surface area (Å²) in [7, 11) is 1.62. The Kier molecular flexibility index (Phi) is 3.40. The zero-order chi connectivity index (χ0) is 14.1. The van der Waals surface area contributed by atoms with Gasteiger partial charge in [0.15, 0.2) is 0 Å². The van der Waals surface area contributed by atoms with Gasteiger partial charge in [-0.1, -0.05) is 0 Å². The maximum Gasteiger partial charge on any atom is 0.125 e. The van der Waals surface area contributed by atoms with Gasteiger partial charge in [0.2, 0.25) is 0 Å². The fourth-order valence-electron chi connectivity index (χ4n) is 2.63. The first-order valence-corrected chi connectivity index (χ1v) is 6.74. The number of benzene rings is 1. The Hall–Kier alpha value is -1.94. The molecule has 2 atom stereocenters. The van der Waals surface area contributed by atoms with Crippen LogP contribution in [-0.2, 0) is 12.8 Å². The molecule has 0 amide bonds. The van der Waals surface area contributed by atoms with Gasteiger partial charge in [-0.15, -0.1) is 0 Å². The molecule has 0 saturated heterocycles. The number of hydrogen-bond donors (Lipinski definition) is 1. The van der Waals surface area contributed by atoms with Crippen LogP contribution in [0, 0.1) is 0 Å². The average Bonchev–Trinajstić information content (AvgIpc) is 3.04. The van der Waals surface area contributed by atoms with E-state index in [-0.39, 0.29) is 6.10 Å². The van der Waals surface area contributed by atoms with Gasteiger partial charge in [-0.3, -0.25) is 0 Å². The van der Waals surface area contributed by atoms with E-state index in [4.69, 9.17) is 13.9 Å². The molecule has 1 aliphatic rings. The third-order valence-electron chi connectivity index (χ3n) is 3.62. The average molecular weight is 274 g/mol. The molecule has 4 heteroatoms.